The summed E-state index contributed by atoms with van der Waals surface area (Å²) in [6, 6.07) is -0.331. The lowest BCUT2D eigenvalue weighted by Gasteiger charge is -2.28. The van der Waals surface area contributed by atoms with E-state index in [4.69, 9.17) is 64.3 Å². The molecular weight excluding hydrogens is 544 g/mol. The van der Waals surface area contributed by atoms with Crippen molar-refractivity contribution in [3.63, 3.8) is 0 Å². The molecule has 5 saturated heterocycles. The molecule has 41 heavy (non-hydrogen) atoms. The molecule has 0 saturated carbocycles. The largest absolute Gasteiger partial charge is 0.390 e. The third-order valence-corrected chi connectivity index (χ3v) is 7.55. The molecular formula is C27H54N2O12. The van der Waals surface area contributed by atoms with Crippen LogP contribution in [0.1, 0.15) is 20.8 Å². The number of aliphatic hydroxyl groups is 2. The first-order chi connectivity index (χ1) is 19.4. The van der Waals surface area contributed by atoms with E-state index in [1.807, 2.05) is 13.8 Å². The summed E-state index contributed by atoms with van der Waals surface area (Å²) in [4.78, 5) is 10.4. The average Bonchev–Trinajstić information content (AvgIpc) is 3.80. The number of methoxy groups -OCH3 is 4. The number of hydrogen-bond acceptors (Lipinski definition) is 14. The Morgan fingerprint density at radius 3 is 1.39 bits per heavy atom. The third kappa shape index (κ3) is 12.0. The van der Waals surface area contributed by atoms with Gasteiger partial charge < -0.3 is 64.3 Å². The summed E-state index contributed by atoms with van der Waals surface area (Å²) >= 11 is 0. The molecule has 0 aliphatic carbocycles. The van der Waals surface area contributed by atoms with Crippen molar-refractivity contribution in [1.82, 2.24) is 0 Å². The smallest absolute Gasteiger partial charge is 0.209 e. The molecule has 14 heteroatoms. The van der Waals surface area contributed by atoms with Gasteiger partial charge in [0, 0.05) is 46.2 Å². The molecule has 0 amide bonds. The number of hydrogen-bond donors (Lipinski definition) is 4. The van der Waals surface area contributed by atoms with Crippen molar-refractivity contribution in [1.29, 1.82) is 0 Å². The van der Waals surface area contributed by atoms with Crippen molar-refractivity contribution >= 4 is 5.78 Å². The second kappa shape index (κ2) is 19.4. The highest BCUT2D eigenvalue weighted by Gasteiger charge is 2.43. The highest BCUT2D eigenvalue weighted by Crippen LogP contribution is 2.28. The number of aliphatic hydroxyl groups excluding tert-OH is 2. The molecule has 0 bridgehead atoms. The fourth-order valence-electron chi connectivity index (χ4n) is 4.10. The lowest BCUT2D eigenvalue weighted by atomic mass is 10.1. The van der Waals surface area contributed by atoms with Crippen molar-refractivity contribution in [3.8, 4) is 0 Å². The molecule has 5 aliphatic heterocycles. The van der Waals surface area contributed by atoms with Gasteiger partial charge in [-0.25, -0.2) is 0 Å². The van der Waals surface area contributed by atoms with E-state index < -0.39 is 17.7 Å². The first kappa shape index (κ1) is 38.2. The van der Waals surface area contributed by atoms with Crippen LogP contribution < -0.4 is 11.5 Å². The average molecular weight is 599 g/mol. The summed E-state index contributed by atoms with van der Waals surface area (Å²) in [6.07, 6.45) is -0.639. The molecule has 6 N–H and O–H groups in total. The molecule has 5 fully saturated rings. The molecule has 244 valence electrons. The number of rotatable bonds is 4. The van der Waals surface area contributed by atoms with Gasteiger partial charge in [0.05, 0.1) is 70.5 Å². The molecule has 7 unspecified atom stereocenters. The first-order valence-electron chi connectivity index (χ1n) is 13.9. The Morgan fingerprint density at radius 2 is 1.22 bits per heavy atom. The van der Waals surface area contributed by atoms with Crippen molar-refractivity contribution < 1.29 is 57.6 Å². The molecule has 0 aromatic carbocycles. The van der Waals surface area contributed by atoms with Gasteiger partial charge in [0.1, 0.15) is 19.8 Å². The van der Waals surface area contributed by atoms with Crippen LogP contribution >= 0.6 is 0 Å². The Labute approximate surface area is 244 Å². The fourth-order valence-corrected chi connectivity index (χ4v) is 4.10. The van der Waals surface area contributed by atoms with Gasteiger partial charge in [-0.15, -0.1) is 0 Å². The maximum atomic E-state index is 10.4. The zero-order chi connectivity index (χ0) is 31.1. The molecule has 5 aliphatic rings. The number of carbonyl (C=O) groups excluding carboxylic acids is 1. The summed E-state index contributed by atoms with van der Waals surface area (Å²) < 4.78 is 45.4. The van der Waals surface area contributed by atoms with Crippen molar-refractivity contribution in [3.05, 3.63) is 0 Å². The lowest BCUT2D eigenvalue weighted by molar-refractivity contribution is -0.221. The number of carbonyl (C=O) groups is 1. The Morgan fingerprint density at radius 1 is 0.683 bits per heavy atom. The van der Waals surface area contributed by atoms with Gasteiger partial charge in [-0.1, -0.05) is 20.8 Å². The van der Waals surface area contributed by atoms with E-state index in [1.54, 1.807) is 28.4 Å². The molecule has 0 spiro atoms. The standard InChI is InChI=1S/C7H14O3.C6H13NO3.C5H10O2.C5H8O2.C4H9NO2/c1-6-4-10-5-7(6,8-2)9-3;1-8-6(9-2)4-10-3-5(6)7;2*1-4-2-7-3-5(4)6;5-3-1-7-2-4(3)6/h6H,4-5H2,1-3H3;5H,3-4,7H2,1-2H3;4-6H,2-3H2,1H3;4H,2-3H2,1H3;3-4,6H,1-2,5H2. The van der Waals surface area contributed by atoms with Crippen molar-refractivity contribution in [2.45, 2.75) is 56.6 Å². The van der Waals surface area contributed by atoms with E-state index in [0.29, 0.717) is 64.7 Å². The zero-order valence-corrected chi connectivity index (χ0v) is 25.7. The van der Waals surface area contributed by atoms with Crippen LogP contribution in [0.5, 0.6) is 0 Å². The van der Waals surface area contributed by atoms with Crippen LogP contribution in [0.2, 0.25) is 0 Å². The van der Waals surface area contributed by atoms with E-state index in [9.17, 15) is 4.79 Å². The van der Waals surface area contributed by atoms with Gasteiger partial charge in [-0.05, 0) is 0 Å². The van der Waals surface area contributed by atoms with Gasteiger partial charge in [-0.2, -0.15) is 0 Å². The Bertz CT molecular complexity index is 648. The molecule has 7 atom stereocenters. The van der Waals surface area contributed by atoms with Crippen LogP contribution in [-0.4, -0.2) is 146 Å². The van der Waals surface area contributed by atoms with Crippen molar-refractivity contribution in [2.75, 3.05) is 94.5 Å². The fraction of sp³-hybridized carbons (Fsp3) is 0.963. The highest BCUT2D eigenvalue weighted by molar-refractivity contribution is 5.83. The minimum atomic E-state index is -0.708. The third-order valence-electron chi connectivity index (χ3n) is 7.55. The maximum absolute atomic E-state index is 10.4. The van der Waals surface area contributed by atoms with Crippen LogP contribution in [0.25, 0.3) is 0 Å². The minimum absolute atomic E-state index is 0.153. The summed E-state index contributed by atoms with van der Waals surface area (Å²) in [5, 5.41) is 17.6. The van der Waals surface area contributed by atoms with Gasteiger partial charge in [0.2, 0.25) is 5.79 Å². The molecule has 5 rings (SSSR count). The second-order valence-corrected chi connectivity index (χ2v) is 10.7. The lowest BCUT2D eigenvalue weighted by Crippen LogP contribution is -2.50. The van der Waals surface area contributed by atoms with E-state index in [0.717, 1.165) is 13.2 Å². The van der Waals surface area contributed by atoms with Gasteiger partial charge in [-0.3, -0.25) is 4.79 Å². The van der Waals surface area contributed by atoms with Crippen LogP contribution in [0.4, 0.5) is 0 Å². The van der Waals surface area contributed by atoms with Crippen LogP contribution in [-0.2, 0) is 47.4 Å². The molecule has 5 heterocycles. The number of ketones is 1. The maximum Gasteiger partial charge on any atom is 0.209 e. The minimum Gasteiger partial charge on any atom is -0.390 e. The van der Waals surface area contributed by atoms with Crippen molar-refractivity contribution in [2.24, 2.45) is 29.2 Å². The van der Waals surface area contributed by atoms with Crippen LogP contribution in [0.15, 0.2) is 0 Å². The Balaban J connectivity index is 0.000000259. The normalized spacial score (nSPS) is 34.8. The van der Waals surface area contributed by atoms with Gasteiger partial charge in [0.15, 0.2) is 11.6 Å². The van der Waals surface area contributed by atoms with E-state index >= 15 is 0 Å². The van der Waals surface area contributed by atoms with Crippen LogP contribution in [0.3, 0.4) is 0 Å². The predicted octanol–water partition coefficient (Wildman–Crippen LogP) is -1.08. The van der Waals surface area contributed by atoms with E-state index in [-0.39, 0.29) is 29.9 Å². The first-order valence-corrected chi connectivity index (χ1v) is 13.9. The molecule has 14 nitrogen and oxygen atoms in total. The summed E-state index contributed by atoms with van der Waals surface area (Å²) in [5.41, 5.74) is 11.0. The SMILES string of the molecule is CC1COCC1=O.CC1COCC1O.COC1(OC)COCC1C.COC1(OC)COCC1N.NC1COCC1O. The number of nitrogens with two attached hydrogens (primary N) is 2. The summed E-state index contributed by atoms with van der Waals surface area (Å²) in [5.74, 6) is -0.137. The number of ether oxygens (including phenoxy) is 9. The Kier molecular flexibility index (Phi) is 18.1. The highest BCUT2D eigenvalue weighted by atomic mass is 16.7. The quantitative estimate of drug-likeness (QED) is 0.285. The second-order valence-electron chi connectivity index (χ2n) is 10.7. The van der Waals surface area contributed by atoms with Gasteiger partial charge in [0.25, 0.3) is 0 Å². The van der Waals surface area contributed by atoms with Crippen LogP contribution in [0, 0.1) is 17.8 Å². The number of Topliss-reactive ketones (excluding diaryl/α,β-unsaturated/α-hetero) is 1. The molecule has 0 aromatic rings. The summed E-state index contributed by atoms with van der Waals surface area (Å²) in [7, 11) is 6.43. The predicted molar refractivity (Wildman–Crippen MR) is 148 cm³/mol. The van der Waals surface area contributed by atoms with E-state index in [2.05, 4.69) is 6.92 Å². The topological polar surface area (TPSA) is 193 Å². The van der Waals surface area contributed by atoms with Gasteiger partial charge >= 0.3 is 0 Å². The monoisotopic (exact) mass is 598 g/mol. The molecule has 0 aromatic heterocycles. The Hall–Kier alpha value is -0.850. The molecule has 0 radical (unpaired) electrons. The zero-order valence-electron chi connectivity index (χ0n) is 25.7. The summed E-state index contributed by atoms with van der Waals surface area (Å²) in [6.45, 7) is 11.2. The van der Waals surface area contributed by atoms with E-state index in [1.165, 1.54) is 0 Å².